The van der Waals surface area contributed by atoms with Gasteiger partial charge >= 0.3 is 0 Å². The molecule has 2 bridgehead atoms. The molecule has 0 amide bonds. The van der Waals surface area contributed by atoms with Gasteiger partial charge in [0.25, 0.3) is 0 Å². The summed E-state index contributed by atoms with van der Waals surface area (Å²) in [6, 6.07) is 0. The van der Waals surface area contributed by atoms with E-state index in [-0.39, 0.29) is 6.10 Å². The zero-order chi connectivity index (χ0) is 6.46. The van der Waals surface area contributed by atoms with Crippen LogP contribution >= 0.6 is 0 Å². The van der Waals surface area contributed by atoms with Gasteiger partial charge in [0, 0.05) is 0 Å². The first kappa shape index (κ1) is 4.76. The quantitative estimate of drug-likeness (QED) is 0.524. The van der Waals surface area contributed by atoms with Crippen molar-refractivity contribution in [3.05, 3.63) is 0 Å². The lowest BCUT2D eigenvalue weighted by Crippen LogP contribution is -2.20. The van der Waals surface area contributed by atoms with Crippen molar-refractivity contribution in [2.24, 2.45) is 35.5 Å². The highest BCUT2D eigenvalue weighted by Crippen LogP contribution is 2.77. The van der Waals surface area contributed by atoms with E-state index < -0.39 is 0 Å². The predicted molar refractivity (Wildman–Crippen MR) is 36.2 cm³/mol. The Bertz CT molecular complexity index is 175. The minimum atomic E-state index is 0.146. The summed E-state index contributed by atoms with van der Waals surface area (Å²) in [5, 5.41) is 9.73. The second kappa shape index (κ2) is 1.08. The average Bonchev–Trinajstić information content (AvgIpc) is 2.71. The van der Waals surface area contributed by atoms with Crippen molar-refractivity contribution in [2.75, 3.05) is 0 Å². The second-order valence-electron chi connectivity index (χ2n) is 4.77. The van der Waals surface area contributed by atoms with Crippen LogP contribution in [0.3, 0.4) is 0 Å². The third kappa shape index (κ3) is 0.298. The van der Waals surface area contributed by atoms with E-state index in [0.717, 1.165) is 35.5 Å². The highest BCUT2D eigenvalue weighted by molar-refractivity contribution is 5.23. The van der Waals surface area contributed by atoms with Crippen molar-refractivity contribution >= 4 is 0 Å². The summed E-state index contributed by atoms with van der Waals surface area (Å²) in [7, 11) is 0. The second-order valence-corrected chi connectivity index (χ2v) is 4.77. The van der Waals surface area contributed by atoms with Gasteiger partial charge in [-0.1, -0.05) is 0 Å². The Hall–Kier alpha value is -0.0400. The summed E-state index contributed by atoms with van der Waals surface area (Å²) in [5.41, 5.74) is 0. The summed E-state index contributed by atoms with van der Waals surface area (Å²) in [4.78, 5) is 0. The van der Waals surface area contributed by atoms with Crippen molar-refractivity contribution in [2.45, 2.75) is 18.9 Å². The molecule has 0 radical (unpaired) electrons. The van der Waals surface area contributed by atoms with Gasteiger partial charge in [0.15, 0.2) is 0 Å². The first-order valence-electron chi connectivity index (χ1n) is 4.56. The average molecular weight is 136 g/mol. The number of aliphatic hydroxyl groups is 1. The third-order valence-electron chi connectivity index (χ3n) is 4.55. The lowest BCUT2D eigenvalue weighted by Gasteiger charge is -2.15. The van der Waals surface area contributed by atoms with Crippen molar-refractivity contribution in [3.8, 4) is 0 Å². The molecule has 1 nitrogen and oxygen atoms in total. The van der Waals surface area contributed by atoms with Gasteiger partial charge in [-0.2, -0.15) is 0 Å². The Morgan fingerprint density at radius 1 is 0.800 bits per heavy atom. The summed E-state index contributed by atoms with van der Waals surface area (Å²) in [6.07, 6.45) is 3.09. The Labute approximate surface area is 60.4 Å². The van der Waals surface area contributed by atoms with Gasteiger partial charge in [0.05, 0.1) is 6.10 Å². The summed E-state index contributed by atoms with van der Waals surface area (Å²) in [6.45, 7) is 0. The van der Waals surface area contributed by atoms with Crippen LogP contribution < -0.4 is 0 Å². The van der Waals surface area contributed by atoms with E-state index in [2.05, 4.69) is 0 Å². The molecular weight excluding hydrogens is 124 g/mol. The van der Waals surface area contributed by atoms with Crippen molar-refractivity contribution < 1.29 is 5.11 Å². The molecule has 0 saturated heterocycles. The molecule has 4 saturated carbocycles. The third-order valence-corrected chi connectivity index (χ3v) is 4.55. The summed E-state index contributed by atoms with van der Waals surface area (Å²) in [5.74, 6) is 5.51. The summed E-state index contributed by atoms with van der Waals surface area (Å²) >= 11 is 0. The molecule has 5 atom stereocenters. The van der Waals surface area contributed by atoms with Crippen molar-refractivity contribution in [3.63, 3.8) is 0 Å². The molecule has 4 rings (SSSR count). The van der Waals surface area contributed by atoms with Crippen LogP contribution in [0.15, 0.2) is 0 Å². The Kier molecular flexibility index (Phi) is 0.513. The summed E-state index contributed by atoms with van der Waals surface area (Å²) < 4.78 is 0. The molecule has 0 aliphatic heterocycles. The van der Waals surface area contributed by atoms with Crippen LogP contribution in [0.2, 0.25) is 0 Å². The monoisotopic (exact) mass is 136 g/mol. The lowest BCUT2D eigenvalue weighted by molar-refractivity contribution is 0.0874. The number of aliphatic hydroxyl groups excluding tert-OH is 1. The van der Waals surface area contributed by atoms with Gasteiger partial charge in [-0.05, 0) is 48.3 Å². The highest BCUT2D eigenvalue weighted by atomic mass is 16.3. The van der Waals surface area contributed by atoms with E-state index in [4.69, 9.17) is 0 Å². The fourth-order valence-corrected chi connectivity index (χ4v) is 4.15. The van der Waals surface area contributed by atoms with E-state index in [1.165, 1.54) is 12.8 Å². The topological polar surface area (TPSA) is 20.2 Å². The standard InChI is InChI=1S/C9H12O/c10-9-7-3-1-4(3)8(9)6-2-5(6)7/h3-10H,1-2H2/t3-,4+,5-,6+,7?,8?,9?. The van der Waals surface area contributed by atoms with Gasteiger partial charge in [-0.25, -0.2) is 0 Å². The molecule has 4 aliphatic carbocycles. The van der Waals surface area contributed by atoms with E-state index in [0.29, 0.717) is 0 Å². The number of hydrogen-bond acceptors (Lipinski definition) is 1. The van der Waals surface area contributed by atoms with Crippen LogP contribution in [-0.4, -0.2) is 11.2 Å². The molecule has 0 heterocycles. The molecule has 0 aromatic rings. The molecule has 4 fully saturated rings. The maximum Gasteiger partial charge on any atom is 0.0607 e. The fourth-order valence-electron chi connectivity index (χ4n) is 4.15. The minimum absolute atomic E-state index is 0.146. The Morgan fingerprint density at radius 3 is 1.50 bits per heavy atom. The SMILES string of the molecule is OC1C2[C@H]3C[C@H]3C1[C@@H]1C[C@H]21. The number of fused-ring (bicyclic) bond motifs is 8. The normalized spacial score (nSPS) is 80.7. The lowest BCUT2D eigenvalue weighted by atomic mass is 9.97. The van der Waals surface area contributed by atoms with E-state index in [1.807, 2.05) is 0 Å². The zero-order valence-electron chi connectivity index (χ0n) is 5.90. The molecule has 1 unspecified atom stereocenters. The molecular formula is C9H12O. The predicted octanol–water partition coefficient (Wildman–Crippen LogP) is 0.879. The van der Waals surface area contributed by atoms with Crippen LogP contribution in [0.25, 0.3) is 0 Å². The van der Waals surface area contributed by atoms with Crippen LogP contribution in [0, 0.1) is 35.5 Å². The van der Waals surface area contributed by atoms with Gasteiger partial charge < -0.3 is 5.11 Å². The van der Waals surface area contributed by atoms with Gasteiger partial charge in [0.1, 0.15) is 0 Å². The van der Waals surface area contributed by atoms with Gasteiger partial charge in [-0.15, -0.1) is 0 Å². The van der Waals surface area contributed by atoms with Gasteiger partial charge in [-0.3, -0.25) is 0 Å². The Morgan fingerprint density at radius 2 is 1.20 bits per heavy atom. The van der Waals surface area contributed by atoms with Crippen LogP contribution in [0.1, 0.15) is 12.8 Å². The molecule has 54 valence electrons. The smallest absolute Gasteiger partial charge is 0.0607 e. The van der Waals surface area contributed by atoms with Crippen molar-refractivity contribution in [1.29, 1.82) is 0 Å². The Balaban J connectivity index is 1.88. The maximum atomic E-state index is 9.73. The van der Waals surface area contributed by atoms with Crippen molar-refractivity contribution in [1.82, 2.24) is 0 Å². The molecule has 1 heteroatoms. The van der Waals surface area contributed by atoms with E-state index in [1.54, 1.807) is 0 Å². The van der Waals surface area contributed by atoms with E-state index in [9.17, 15) is 5.11 Å². The largest absolute Gasteiger partial charge is 0.393 e. The molecule has 4 aliphatic rings. The number of hydrogen-bond donors (Lipinski definition) is 1. The highest BCUT2D eigenvalue weighted by Gasteiger charge is 2.74. The molecule has 1 N–H and O–H groups in total. The van der Waals surface area contributed by atoms with Crippen LogP contribution in [0.5, 0.6) is 0 Å². The molecule has 10 heavy (non-hydrogen) atoms. The molecule has 0 aromatic carbocycles. The van der Waals surface area contributed by atoms with E-state index >= 15 is 0 Å². The first-order valence-corrected chi connectivity index (χ1v) is 4.56. The zero-order valence-corrected chi connectivity index (χ0v) is 5.90. The van der Waals surface area contributed by atoms with Crippen LogP contribution in [-0.2, 0) is 0 Å². The number of rotatable bonds is 0. The molecule has 0 spiro atoms. The fraction of sp³-hybridized carbons (Fsp3) is 1.00. The van der Waals surface area contributed by atoms with Gasteiger partial charge in [0.2, 0.25) is 0 Å². The first-order chi connectivity index (χ1) is 4.88. The van der Waals surface area contributed by atoms with Crippen LogP contribution in [0.4, 0.5) is 0 Å². The molecule has 0 aromatic heterocycles. The minimum Gasteiger partial charge on any atom is -0.393 e. The maximum absolute atomic E-state index is 9.73.